The first-order chi connectivity index (χ1) is 8.21. The molecule has 1 aromatic rings. The topological polar surface area (TPSA) is 54.4 Å². The van der Waals surface area contributed by atoms with Gasteiger partial charge in [0.2, 0.25) is 0 Å². The maximum atomic E-state index is 12.0. The van der Waals surface area contributed by atoms with Crippen LogP contribution in [0.1, 0.15) is 43.9 Å². The number of carbonyl (C=O) groups is 1. The Balaban J connectivity index is 3.23. The second kappa shape index (κ2) is 5.44. The summed E-state index contributed by atoms with van der Waals surface area (Å²) in [4.78, 5) is 22.9. The van der Waals surface area contributed by atoms with Gasteiger partial charge in [-0.2, -0.15) is 0 Å². The molecule has 0 aliphatic rings. The molecule has 3 nitrogen and oxygen atoms in total. The molecule has 0 unspecified atom stereocenters. The zero-order valence-corrected chi connectivity index (χ0v) is 11.4. The maximum absolute atomic E-state index is 12.0. The molecule has 0 heterocycles. The van der Waals surface area contributed by atoms with Crippen molar-refractivity contribution in [2.75, 3.05) is 0 Å². The number of rotatable bonds is 4. The van der Waals surface area contributed by atoms with Gasteiger partial charge in [-0.05, 0) is 51.3 Å². The quantitative estimate of drug-likeness (QED) is 0.887. The Kier molecular flexibility index (Phi) is 4.41. The first kappa shape index (κ1) is 14.6. The van der Waals surface area contributed by atoms with Crippen molar-refractivity contribution in [1.82, 2.24) is 0 Å². The van der Waals surface area contributed by atoms with Crippen LogP contribution >= 0.6 is 0 Å². The van der Waals surface area contributed by atoms with Crippen LogP contribution in [0, 0.1) is 6.92 Å². The third kappa shape index (κ3) is 3.77. The highest BCUT2D eigenvalue weighted by atomic mass is 16.3. The standard InChI is InChI=1S/C15H20O3/c1-10-9-14(17)13(15(3,4)18)8-7-12(10)6-5-11(2)16/h7-9,18H,5-6H2,1-4H3. The van der Waals surface area contributed by atoms with Crippen LogP contribution in [-0.2, 0) is 16.8 Å². The van der Waals surface area contributed by atoms with Crippen LogP contribution in [0.5, 0.6) is 0 Å². The molecule has 0 spiro atoms. The fraction of sp³-hybridized carbons (Fsp3) is 0.467. The van der Waals surface area contributed by atoms with Crippen molar-refractivity contribution in [3.05, 3.63) is 45.1 Å². The smallest absolute Gasteiger partial charge is 0.184 e. The van der Waals surface area contributed by atoms with Crippen molar-refractivity contribution in [2.24, 2.45) is 0 Å². The molecule has 1 aromatic carbocycles. The highest BCUT2D eigenvalue weighted by Gasteiger charge is 2.18. The summed E-state index contributed by atoms with van der Waals surface area (Å²) in [5, 5.41) is 9.93. The number of aryl methyl sites for hydroxylation is 2. The Bertz CT molecular complexity index is 510. The average molecular weight is 248 g/mol. The lowest BCUT2D eigenvalue weighted by atomic mass is 10.00. The fourth-order valence-corrected chi connectivity index (χ4v) is 1.86. The molecule has 0 bridgehead atoms. The fourth-order valence-electron chi connectivity index (χ4n) is 1.86. The summed E-state index contributed by atoms with van der Waals surface area (Å²) in [5.41, 5.74) is 0.878. The van der Waals surface area contributed by atoms with E-state index in [4.69, 9.17) is 0 Å². The summed E-state index contributed by atoms with van der Waals surface area (Å²) in [5.74, 6) is 0.131. The van der Waals surface area contributed by atoms with E-state index < -0.39 is 5.60 Å². The minimum Gasteiger partial charge on any atom is -0.386 e. The second-order valence-corrected chi connectivity index (χ2v) is 5.22. The molecule has 0 aromatic heterocycles. The largest absolute Gasteiger partial charge is 0.386 e. The first-order valence-corrected chi connectivity index (χ1v) is 6.08. The molecule has 1 rings (SSSR count). The van der Waals surface area contributed by atoms with Crippen molar-refractivity contribution in [3.8, 4) is 0 Å². The van der Waals surface area contributed by atoms with Gasteiger partial charge in [0.25, 0.3) is 0 Å². The van der Waals surface area contributed by atoms with Crippen LogP contribution in [0.3, 0.4) is 0 Å². The molecule has 0 amide bonds. The molecular formula is C15H20O3. The van der Waals surface area contributed by atoms with Gasteiger partial charge in [0.05, 0.1) is 5.60 Å². The molecule has 0 atom stereocenters. The molecule has 0 saturated heterocycles. The molecule has 0 aliphatic heterocycles. The van der Waals surface area contributed by atoms with Crippen molar-refractivity contribution < 1.29 is 9.90 Å². The predicted octanol–water partition coefficient (Wildman–Crippen LogP) is 2.10. The summed E-state index contributed by atoms with van der Waals surface area (Å²) in [7, 11) is 0. The van der Waals surface area contributed by atoms with Gasteiger partial charge >= 0.3 is 0 Å². The predicted molar refractivity (Wildman–Crippen MR) is 71.7 cm³/mol. The molecule has 0 radical (unpaired) electrons. The van der Waals surface area contributed by atoms with Crippen LogP contribution in [0.25, 0.3) is 0 Å². The van der Waals surface area contributed by atoms with E-state index in [-0.39, 0.29) is 11.2 Å². The zero-order chi connectivity index (χ0) is 13.9. The number of hydrogen-bond donors (Lipinski definition) is 1. The molecule has 98 valence electrons. The van der Waals surface area contributed by atoms with Gasteiger partial charge in [0, 0.05) is 12.0 Å². The SMILES string of the molecule is CC(=O)CCc1ccc(C(C)(C)O)c(=O)cc1C. The molecular weight excluding hydrogens is 228 g/mol. The van der Waals surface area contributed by atoms with Gasteiger partial charge in [0.15, 0.2) is 5.43 Å². The normalized spacial score (nSPS) is 11.4. The second-order valence-electron chi connectivity index (χ2n) is 5.22. The summed E-state index contributed by atoms with van der Waals surface area (Å²) >= 11 is 0. The monoisotopic (exact) mass is 248 g/mol. The summed E-state index contributed by atoms with van der Waals surface area (Å²) < 4.78 is 0. The Morgan fingerprint density at radius 1 is 1.33 bits per heavy atom. The minimum absolute atomic E-state index is 0.131. The van der Waals surface area contributed by atoms with Crippen LogP contribution in [-0.4, -0.2) is 10.9 Å². The van der Waals surface area contributed by atoms with Crippen molar-refractivity contribution in [1.29, 1.82) is 0 Å². The van der Waals surface area contributed by atoms with Crippen LogP contribution in [0.4, 0.5) is 0 Å². The number of carbonyl (C=O) groups excluding carboxylic acids is 1. The first-order valence-electron chi connectivity index (χ1n) is 6.08. The number of ketones is 1. The van der Waals surface area contributed by atoms with Crippen LogP contribution in [0.2, 0.25) is 0 Å². The third-order valence-electron chi connectivity index (χ3n) is 2.98. The Morgan fingerprint density at radius 3 is 2.44 bits per heavy atom. The Labute approximate surface area is 107 Å². The van der Waals surface area contributed by atoms with E-state index in [2.05, 4.69) is 0 Å². The average Bonchev–Trinajstić information content (AvgIpc) is 2.33. The molecule has 1 N–H and O–H groups in total. The summed E-state index contributed by atoms with van der Waals surface area (Å²) in [6.45, 7) is 6.59. The maximum Gasteiger partial charge on any atom is 0.184 e. The van der Waals surface area contributed by atoms with Gasteiger partial charge in [-0.25, -0.2) is 0 Å². The van der Waals surface area contributed by atoms with Gasteiger partial charge in [-0.3, -0.25) is 4.79 Å². The number of Topliss-reactive ketones (excluding diaryl/α,β-unsaturated/α-hetero) is 1. The van der Waals surface area contributed by atoms with E-state index in [1.807, 2.05) is 13.0 Å². The Hall–Kier alpha value is -1.48. The van der Waals surface area contributed by atoms with E-state index in [1.54, 1.807) is 26.8 Å². The zero-order valence-electron chi connectivity index (χ0n) is 11.4. The highest BCUT2D eigenvalue weighted by molar-refractivity contribution is 5.75. The number of hydrogen-bond acceptors (Lipinski definition) is 3. The molecule has 18 heavy (non-hydrogen) atoms. The van der Waals surface area contributed by atoms with Crippen molar-refractivity contribution in [2.45, 2.75) is 46.1 Å². The van der Waals surface area contributed by atoms with E-state index in [0.29, 0.717) is 18.4 Å². The minimum atomic E-state index is -1.15. The molecule has 3 heteroatoms. The third-order valence-corrected chi connectivity index (χ3v) is 2.98. The van der Waals surface area contributed by atoms with Gasteiger partial charge in [-0.15, -0.1) is 0 Å². The molecule has 0 saturated carbocycles. The summed E-state index contributed by atoms with van der Waals surface area (Å²) in [6, 6.07) is 5.01. The molecule has 0 fully saturated rings. The van der Waals surface area contributed by atoms with E-state index in [9.17, 15) is 14.7 Å². The molecule has 0 aliphatic carbocycles. The lowest BCUT2D eigenvalue weighted by Gasteiger charge is -2.14. The van der Waals surface area contributed by atoms with Gasteiger partial charge < -0.3 is 9.90 Å². The Morgan fingerprint density at radius 2 is 1.94 bits per heavy atom. The van der Waals surface area contributed by atoms with Gasteiger partial charge in [0.1, 0.15) is 5.78 Å². The van der Waals surface area contributed by atoms with E-state index in [0.717, 1.165) is 11.1 Å². The van der Waals surface area contributed by atoms with E-state index in [1.165, 1.54) is 6.07 Å². The van der Waals surface area contributed by atoms with Crippen LogP contribution in [0.15, 0.2) is 23.0 Å². The highest BCUT2D eigenvalue weighted by Crippen LogP contribution is 2.17. The van der Waals surface area contributed by atoms with E-state index >= 15 is 0 Å². The van der Waals surface area contributed by atoms with Crippen molar-refractivity contribution >= 4 is 5.78 Å². The van der Waals surface area contributed by atoms with Gasteiger partial charge in [-0.1, -0.05) is 12.1 Å². The lowest BCUT2D eigenvalue weighted by molar-refractivity contribution is -0.116. The van der Waals surface area contributed by atoms with Crippen molar-refractivity contribution in [3.63, 3.8) is 0 Å². The number of aliphatic hydroxyl groups is 1. The lowest BCUT2D eigenvalue weighted by Crippen LogP contribution is -2.23. The summed E-state index contributed by atoms with van der Waals surface area (Å²) in [6.07, 6.45) is 1.09. The van der Waals surface area contributed by atoms with Crippen LogP contribution < -0.4 is 5.43 Å².